The van der Waals surface area contributed by atoms with Gasteiger partial charge in [0.2, 0.25) is 11.8 Å². The molecule has 24 heavy (non-hydrogen) atoms. The highest BCUT2D eigenvalue weighted by Gasteiger charge is 2.32. The summed E-state index contributed by atoms with van der Waals surface area (Å²) in [4.78, 5) is 28.2. The number of hydrogen-bond donors (Lipinski definition) is 1. The van der Waals surface area contributed by atoms with E-state index in [9.17, 15) is 9.59 Å². The van der Waals surface area contributed by atoms with Crippen molar-refractivity contribution in [3.05, 3.63) is 41.6 Å². The highest BCUT2D eigenvalue weighted by Crippen LogP contribution is 2.33. The summed E-state index contributed by atoms with van der Waals surface area (Å²) in [6.07, 6.45) is 5.01. The maximum atomic E-state index is 12.7. The van der Waals surface area contributed by atoms with E-state index >= 15 is 0 Å². The Morgan fingerprint density at radius 1 is 1.29 bits per heavy atom. The van der Waals surface area contributed by atoms with Crippen molar-refractivity contribution in [2.45, 2.75) is 25.8 Å². The van der Waals surface area contributed by atoms with Gasteiger partial charge in [-0.05, 0) is 36.1 Å². The van der Waals surface area contributed by atoms with Crippen molar-refractivity contribution in [3.63, 3.8) is 0 Å². The molecule has 1 aromatic carbocycles. The van der Waals surface area contributed by atoms with Gasteiger partial charge in [-0.3, -0.25) is 9.59 Å². The highest BCUT2D eigenvalue weighted by molar-refractivity contribution is 5.85. The predicted molar refractivity (Wildman–Crippen MR) is 96.3 cm³/mol. The van der Waals surface area contributed by atoms with Gasteiger partial charge in [0, 0.05) is 26.2 Å². The van der Waals surface area contributed by atoms with Gasteiger partial charge in [-0.1, -0.05) is 24.3 Å². The Kier molecular flexibility index (Phi) is 6.02. The van der Waals surface area contributed by atoms with E-state index in [1.807, 2.05) is 35.2 Å². The second-order valence-electron chi connectivity index (χ2n) is 6.32. The van der Waals surface area contributed by atoms with Crippen LogP contribution in [0, 0.1) is 5.92 Å². The van der Waals surface area contributed by atoms with Crippen LogP contribution in [-0.4, -0.2) is 41.2 Å². The summed E-state index contributed by atoms with van der Waals surface area (Å²) in [7, 11) is 0. The van der Waals surface area contributed by atoms with Crippen molar-refractivity contribution < 1.29 is 9.59 Å². The number of benzene rings is 1. The lowest BCUT2D eigenvalue weighted by Crippen LogP contribution is -2.37. The molecule has 2 aliphatic heterocycles. The van der Waals surface area contributed by atoms with E-state index in [4.69, 9.17) is 5.73 Å². The molecule has 1 aromatic rings. The summed E-state index contributed by atoms with van der Waals surface area (Å²) in [5.74, 6) is 0.457. The maximum Gasteiger partial charge on any atom is 0.225 e. The van der Waals surface area contributed by atoms with E-state index in [-0.39, 0.29) is 30.3 Å². The van der Waals surface area contributed by atoms with Gasteiger partial charge in [-0.15, -0.1) is 12.4 Å². The SMILES string of the molecule is CC(=O)N1C=Cc2ccccc2C1CC(=O)N1CCC(CN)C1.Cl. The minimum atomic E-state index is -0.224. The lowest BCUT2D eigenvalue weighted by molar-refractivity contribution is -0.134. The number of likely N-dealkylation sites (tertiary alicyclic amines) is 1. The third-order valence-corrected chi connectivity index (χ3v) is 4.81. The van der Waals surface area contributed by atoms with Crippen LogP contribution in [0.1, 0.15) is 36.9 Å². The minimum absolute atomic E-state index is 0. The van der Waals surface area contributed by atoms with Crippen molar-refractivity contribution in [1.29, 1.82) is 0 Å². The van der Waals surface area contributed by atoms with Crippen LogP contribution in [0.2, 0.25) is 0 Å². The Morgan fingerprint density at radius 2 is 2.04 bits per heavy atom. The molecule has 0 radical (unpaired) electrons. The molecule has 0 aliphatic carbocycles. The van der Waals surface area contributed by atoms with Crippen LogP contribution in [0.15, 0.2) is 30.5 Å². The molecule has 130 valence electrons. The molecule has 2 heterocycles. The molecule has 2 N–H and O–H groups in total. The van der Waals surface area contributed by atoms with Crippen molar-refractivity contribution >= 4 is 30.3 Å². The number of nitrogens with zero attached hydrogens (tertiary/aromatic N) is 2. The van der Waals surface area contributed by atoms with Crippen LogP contribution in [0.4, 0.5) is 0 Å². The number of hydrogen-bond acceptors (Lipinski definition) is 3. The fraction of sp³-hybridized carbons (Fsp3) is 0.444. The molecule has 2 unspecified atom stereocenters. The van der Waals surface area contributed by atoms with Gasteiger partial charge in [-0.2, -0.15) is 0 Å². The lowest BCUT2D eigenvalue weighted by atomic mass is 9.93. The molecule has 6 heteroatoms. The molecule has 0 saturated carbocycles. The van der Waals surface area contributed by atoms with Gasteiger partial charge in [0.25, 0.3) is 0 Å². The Balaban J connectivity index is 0.00000208. The number of carbonyl (C=O) groups is 2. The Bertz CT molecular complexity index is 647. The van der Waals surface area contributed by atoms with E-state index in [2.05, 4.69) is 0 Å². The molecule has 1 fully saturated rings. The van der Waals surface area contributed by atoms with Crippen LogP contribution in [0.3, 0.4) is 0 Å². The second-order valence-corrected chi connectivity index (χ2v) is 6.32. The molecule has 1 saturated heterocycles. The molecular formula is C18H24ClN3O2. The summed E-state index contributed by atoms with van der Waals surface area (Å²) >= 11 is 0. The number of fused-ring (bicyclic) bond motifs is 1. The van der Waals surface area contributed by atoms with Gasteiger partial charge >= 0.3 is 0 Å². The monoisotopic (exact) mass is 349 g/mol. The number of amides is 2. The van der Waals surface area contributed by atoms with Crippen molar-refractivity contribution in [3.8, 4) is 0 Å². The molecule has 2 amide bonds. The standard InChI is InChI=1S/C18H23N3O2.ClH/c1-13(22)21-9-7-15-4-2-3-5-16(15)17(21)10-18(23)20-8-6-14(11-19)12-20;/h2-5,7,9,14,17H,6,8,10-12,19H2,1H3;1H. The zero-order chi connectivity index (χ0) is 16.4. The van der Waals surface area contributed by atoms with Crippen LogP contribution in [0.5, 0.6) is 0 Å². The van der Waals surface area contributed by atoms with Crippen LogP contribution in [-0.2, 0) is 9.59 Å². The largest absolute Gasteiger partial charge is 0.342 e. The second kappa shape index (κ2) is 7.81. The van der Waals surface area contributed by atoms with Crippen molar-refractivity contribution in [2.24, 2.45) is 11.7 Å². The number of halogens is 1. The van der Waals surface area contributed by atoms with Gasteiger partial charge in [-0.25, -0.2) is 0 Å². The summed E-state index contributed by atoms with van der Waals surface area (Å²) in [6, 6.07) is 7.71. The molecule has 0 aromatic heterocycles. The number of carbonyl (C=O) groups excluding carboxylic acids is 2. The fourth-order valence-electron chi connectivity index (χ4n) is 3.46. The molecule has 0 bridgehead atoms. The summed E-state index contributed by atoms with van der Waals surface area (Å²) in [6.45, 7) is 3.67. The molecule has 5 nitrogen and oxygen atoms in total. The summed E-state index contributed by atoms with van der Waals surface area (Å²) in [5, 5.41) is 0. The fourth-order valence-corrected chi connectivity index (χ4v) is 3.46. The molecular weight excluding hydrogens is 326 g/mol. The normalized spacial score (nSPS) is 22.1. The Morgan fingerprint density at radius 3 is 2.71 bits per heavy atom. The molecule has 2 aliphatic rings. The topological polar surface area (TPSA) is 66.6 Å². The van der Waals surface area contributed by atoms with Crippen LogP contribution >= 0.6 is 12.4 Å². The van der Waals surface area contributed by atoms with Crippen LogP contribution < -0.4 is 5.73 Å². The third kappa shape index (κ3) is 3.62. The summed E-state index contributed by atoms with van der Waals surface area (Å²) < 4.78 is 0. The highest BCUT2D eigenvalue weighted by atomic mass is 35.5. The van der Waals surface area contributed by atoms with E-state index in [0.29, 0.717) is 18.9 Å². The van der Waals surface area contributed by atoms with E-state index < -0.39 is 0 Å². The van der Waals surface area contributed by atoms with E-state index in [1.54, 1.807) is 11.1 Å². The predicted octanol–water partition coefficient (Wildman–Crippen LogP) is 2.18. The zero-order valence-electron chi connectivity index (χ0n) is 13.9. The van der Waals surface area contributed by atoms with E-state index in [1.165, 1.54) is 6.92 Å². The first-order chi connectivity index (χ1) is 11.1. The van der Waals surface area contributed by atoms with Gasteiger partial charge in [0.1, 0.15) is 0 Å². The first-order valence-electron chi connectivity index (χ1n) is 8.14. The quantitative estimate of drug-likeness (QED) is 0.909. The maximum absolute atomic E-state index is 12.7. The number of rotatable bonds is 3. The Labute approximate surface area is 148 Å². The zero-order valence-corrected chi connectivity index (χ0v) is 14.7. The van der Waals surface area contributed by atoms with Gasteiger partial charge in [0.15, 0.2) is 0 Å². The molecule has 3 rings (SSSR count). The first-order valence-corrected chi connectivity index (χ1v) is 8.14. The minimum Gasteiger partial charge on any atom is -0.342 e. The third-order valence-electron chi connectivity index (χ3n) is 4.81. The van der Waals surface area contributed by atoms with E-state index in [0.717, 1.165) is 30.6 Å². The van der Waals surface area contributed by atoms with Crippen molar-refractivity contribution in [1.82, 2.24) is 9.80 Å². The van der Waals surface area contributed by atoms with Gasteiger partial charge in [0.05, 0.1) is 12.5 Å². The van der Waals surface area contributed by atoms with Crippen molar-refractivity contribution in [2.75, 3.05) is 19.6 Å². The summed E-state index contributed by atoms with van der Waals surface area (Å²) in [5.41, 5.74) is 7.81. The Hall–Kier alpha value is -1.85. The number of nitrogens with two attached hydrogens (primary N) is 1. The average molecular weight is 350 g/mol. The molecule has 2 atom stereocenters. The molecule has 0 spiro atoms. The smallest absolute Gasteiger partial charge is 0.225 e. The lowest BCUT2D eigenvalue weighted by Gasteiger charge is -2.33. The first kappa shape index (κ1) is 18.5. The van der Waals surface area contributed by atoms with Crippen LogP contribution in [0.25, 0.3) is 6.08 Å². The average Bonchev–Trinajstić information content (AvgIpc) is 3.04. The van der Waals surface area contributed by atoms with Gasteiger partial charge < -0.3 is 15.5 Å².